The molecule has 2 aromatic carbocycles. The zero-order chi connectivity index (χ0) is 14.5. The average Bonchev–Trinajstić information content (AvgIpc) is 2.47. The van der Waals surface area contributed by atoms with Crippen LogP contribution in [0.15, 0.2) is 48.5 Å². The van der Waals surface area contributed by atoms with Crippen LogP contribution in [0, 0.1) is 0 Å². The molecule has 0 saturated heterocycles. The Bertz CT molecular complexity index is 568. The van der Waals surface area contributed by atoms with Gasteiger partial charge in [0.2, 0.25) is 0 Å². The first-order chi connectivity index (χ1) is 9.61. The van der Waals surface area contributed by atoms with Crippen LogP contribution in [0.1, 0.15) is 37.1 Å². The van der Waals surface area contributed by atoms with E-state index in [1.54, 1.807) is 13.2 Å². The highest BCUT2D eigenvalue weighted by molar-refractivity contribution is 5.35. The highest BCUT2D eigenvalue weighted by Crippen LogP contribution is 2.26. The van der Waals surface area contributed by atoms with Crippen molar-refractivity contribution < 1.29 is 9.84 Å². The Kier molecular flexibility index (Phi) is 4.64. The number of nitrogens with one attached hydrogen (secondary N) is 1. The Labute approximate surface area is 120 Å². The monoisotopic (exact) mass is 271 g/mol. The molecule has 0 bridgehead atoms. The van der Waals surface area contributed by atoms with Crippen molar-refractivity contribution in [1.29, 1.82) is 0 Å². The van der Waals surface area contributed by atoms with Crippen molar-refractivity contribution in [1.82, 2.24) is 5.32 Å². The summed E-state index contributed by atoms with van der Waals surface area (Å²) in [7, 11) is 1.67. The lowest BCUT2D eigenvalue weighted by atomic mass is 10.0. The van der Waals surface area contributed by atoms with E-state index in [1.807, 2.05) is 43.3 Å². The second-order valence-electron chi connectivity index (χ2n) is 4.95. The van der Waals surface area contributed by atoms with Gasteiger partial charge in [0.15, 0.2) is 0 Å². The summed E-state index contributed by atoms with van der Waals surface area (Å²) in [4.78, 5) is 0. The van der Waals surface area contributed by atoms with Crippen LogP contribution < -0.4 is 10.1 Å². The molecule has 0 aromatic heterocycles. The van der Waals surface area contributed by atoms with E-state index in [0.717, 1.165) is 16.9 Å². The maximum Gasteiger partial charge on any atom is 0.120 e. The van der Waals surface area contributed by atoms with E-state index in [-0.39, 0.29) is 12.1 Å². The van der Waals surface area contributed by atoms with E-state index >= 15 is 0 Å². The summed E-state index contributed by atoms with van der Waals surface area (Å²) < 4.78 is 5.25. The number of rotatable bonds is 5. The third-order valence-corrected chi connectivity index (χ3v) is 3.50. The van der Waals surface area contributed by atoms with E-state index in [9.17, 15) is 5.11 Å². The summed E-state index contributed by atoms with van der Waals surface area (Å²) in [6.45, 7) is 4.15. The predicted molar refractivity (Wildman–Crippen MR) is 81.1 cm³/mol. The zero-order valence-electron chi connectivity index (χ0n) is 12.1. The Morgan fingerprint density at radius 2 is 1.75 bits per heavy atom. The first kappa shape index (κ1) is 14.4. The molecule has 1 unspecified atom stereocenters. The van der Waals surface area contributed by atoms with Crippen molar-refractivity contribution in [2.45, 2.75) is 25.9 Å². The molecule has 0 radical (unpaired) electrons. The van der Waals surface area contributed by atoms with Gasteiger partial charge < -0.3 is 15.2 Å². The van der Waals surface area contributed by atoms with Gasteiger partial charge in [-0.1, -0.05) is 30.3 Å². The minimum absolute atomic E-state index is 0.0670. The summed E-state index contributed by atoms with van der Waals surface area (Å²) in [5.74, 6) is 1.18. The molecule has 2 aromatic rings. The van der Waals surface area contributed by atoms with E-state index in [2.05, 4.69) is 18.3 Å². The lowest BCUT2D eigenvalue weighted by molar-refractivity contribution is 0.411. The van der Waals surface area contributed by atoms with Crippen LogP contribution in [0.3, 0.4) is 0 Å². The minimum atomic E-state index is 0.0670. The van der Waals surface area contributed by atoms with Crippen LogP contribution in [0.4, 0.5) is 0 Å². The van der Waals surface area contributed by atoms with Crippen molar-refractivity contribution in [2.75, 3.05) is 7.11 Å². The lowest BCUT2D eigenvalue weighted by Gasteiger charge is -2.21. The smallest absolute Gasteiger partial charge is 0.120 e. The topological polar surface area (TPSA) is 41.5 Å². The number of benzene rings is 2. The second kappa shape index (κ2) is 6.44. The summed E-state index contributed by atoms with van der Waals surface area (Å²) in [6, 6.07) is 15.7. The Balaban J connectivity index is 2.11. The van der Waals surface area contributed by atoms with Crippen LogP contribution in [0.2, 0.25) is 0 Å². The Morgan fingerprint density at radius 3 is 2.45 bits per heavy atom. The predicted octanol–water partition coefficient (Wildman–Crippen LogP) is 3.81. The highest BCUT2D eigenvalue weighted by Gasteiger charge is 2.14. The van der Waals surface area contributed by atoms with Gasteiger partial charge in [0.1, 0.15) is 11.5 Å². The Hall–Kier alpha value is -2.00. The largest absolute Gasteiger partial charge is 0.508 e. The fourth-order valence-electron chi connectivity index (χ4n) is 2.33. The van der Waals surface area contributed by atoms with Crippen molar-refractivity contribution in [2.24, 2.45) is 0 Å². The van der Waals surface area contributed by atoms with Gasteiger partial charge in [-0.25, -0.2) is 0 Å². The van der Waals surface area contributed by atoms with Gasteiger partial charge in [-0.15, -0.1) is 0 Å². The van der Waals surface area contributed by atoms with Gasteiger partial charge in [-0.3, -0.25) is 0 Å². The molecule has 20 heavy (non-hydrogen) atoms. The first-order valence-electron chi connectivity index (χ1n) is 6.79. The number of aromatic hydroxyl groups is 1. The second-order valence-corrected chi connectivity index (χ2v) is 4.95. The van der Waals surface area contributed by atoms with Crippen LogP contribution in [-0.4, -0.2) is 12.2 Å². The fourth-order valence-corrected chi connectivity index (χ4v) is 2.33. The molecule has 3 nitrogen and oxygen atoms in total. The third-order valence-electron chi connectivity index (χ3n) is 3.50. The van der Waals surface area contributed by atoms with Gasteiger partial charge in [0, 0.05) is 17.6 Å². The molecule has 106 valence electrons. The Morgan fingerprint density at radius 1 is 1.00 bits per heavy atom. The molecule has 0 saturated carbocycles. The van der Waals surface area contributed by atoms with E-state index in [1.165, 1.54) is 0 Å². The molecule has 3 heteroatoms. The molecule has 0 fully saturated rings. The van der Waals surface area contributed by atoms with E-state index in [4.69, 9.17) is 4.74 Å². The molecule has 0 aliphatic heterocycles. The van der Waals surface area contributed by atoms with Crippen molar-refractivity contribution in [3.8, 4) is 11.5 Å². The molecular weight excluding hydrogens is 250 g/mol. The normalized spacial score (nSPS) is 13.8. The first-order valence-corrected chi connectivity index (χ1v) is 6.79. The SMILES string of the molecule is COc1cccc([C@H](C)NC(C)c2ccccc2O)c1. The molecule has 2 rings (SSSR count). The fraction of sp³-hybridized carbons (Fsp3) is 0.294. The quantitative estimate of drug-likeness (QED) is 0.868. The van der Waals surface area contributed by atoms with E-state index < -0.39 is 0 Å². The molecular formula is C17H21NO2. The maximum absolute atomic E-state index is 9.89. The minimum Gasteiger partial charge on any atom is -0.508 e. The molecule has 2 N–H and O–H groups in total. The number of hydrogen-bond acceptors (Lipinski definition) is 3. The van der Waals surface area contributed by atoms with Gasteiger partial charge >= 0.3 is 0 Å². The number of phenols is 1. The molecule has 0 heterocycles. The van der Waals surface area contributed by atoms with Crippen LogP contribution in [0.25, 0.3) is 0 Å². The number of para-hydroxylation sites is 1. The van der Waals surface area contributed by atoms with Gasteiger partial charge in [0.25, 0.3) is 0 Å². The molecule has 2 atom stereocenters. The summed E-state index contributed by atoms with van der Waals surface area (Å²) >= 11 is 0. The van der Waals surface area contributed by atoms with Gasteiger partial charge in [0.05, 0.1) is 7.11 Å². The lowest BCUT2D eigenvalue weighted by Crippen LogP contribution is -2.22. The van der Waals surface area contributed by atoms with Gasteiger partial charge in [-0.2, -0.15) is 0 Å². The summed E-state index contributed by atoms with van der Waals surface area (Å²) in [6.07, 6.45) is 0. The van der Waals surface area contributed by atoms with Crippen LogP contribution in [0.5, 0.6) is 11.5 Å². The van der Waals surface area contributed by atoms with Gasteiger partial charge in [-0.05, 0) is 37.6 Å². The summed E-state index contributed by atoms with van der Waals surface area (Å²) in [5.41, 5.74) is 2.06. The number of ether oxygens (including phenoxy) is 1. The van der Waals surface area contributed by atoms with Crippen molar-refractivity contribution in [3.63, 3.8) is 0 Å². The highest BCUT2D eigenvalue weighted by atomic mass is 16.5. The van der Waals surface area contributed by atoms with E-state index in [0.29, 0.717) is 5.75 Å². The number of methoxy groups -OCH3 is 1. The zero-order valence-corrected chi connectivity index (χ0v) is 12.1. The average molecular weight is 271 g/mol. The van der Waals surface area contributed by atoms with Crippen LogP contribution in [-0.2, 0) is 0 Å². The van der Waals surface area contributed by atoms with Crippen molar-refractivity contribution in [3.05, 3.63) is 59.7 Å². The third kappa shape index (κ3) is 3.31. The molecule has 0 amide bonds. The number of phenolic OH excluding ortho intramolecular Hbond substituents is 1. The molecule has 0 spiro atoms. The standard InChI is InChI=1S/C17H21NO2/c1-12(14-7-6-8-15(11-14)20-3)18-13(2)16-9-4-5-10-17(16)19/h4-13,18-19H,1-3H3/t12-,13?/m0/s1. The molecule has 0 aliphatic rings. The molecule has 0 aliphatic carbocycles. The summed E-state index contributed by atoms with van der Waals surface area (Å²) in [5, 5.41) is 13.4. The van der Waals surface area contributed by atoms with Crippen molar-refractivity contribution >= 4 is 0 Å². The number of hydrogen-bond donors (Lipinski definition) is 2. The maximum atomic E-state index is 9.89. The van der Waals surface area contributed by atoms with Crippen LogP contribution >= 0.6 is 0 Å².